The third-order valence-electron chi connectivity index (χ3n) is 1.49. The maximum absolute atomic E-state index is 12.4. The molecule has 0 fully saturated rings. The van der Waals surface area contributed by atoms with Crippen LogP contribution in [0.5, 0.6) is 0 Å². The predicted octanol–water partition coefficient (Wildman–Crippen LogP) is 1.98. The molecule has 0 aromatic heterocycles. The highest BCUT2D eigenvalue weighted by atomic mass is 35.5. The molecule has 1 unspecified atom stereocenters. The molecule has 6 heteroatoms. The first-order chi connectivity index (χ1) is 6.28. The van der Waals surface area contributed by atoms with E-state index in [1.54, 1.807) is 20.8 Å². The molecule has 2 N–H and O–H groups in total. The quantitative estimate of drug-likeness (QED) is 0.771. The van der Waals surface area contributed by atoms with Crippen molar-refractivity contribution in [1.82, 2.24) is 0 Å². The van der Waals surface area contributed by atoms with Gasteiger partial charge in [0, 0.05) is 0 Å². The molecule has 0 bridgehead atoms. The zero-order valence-electron chi connectivity index (χ0n) is 9.13. The summed E-state index contributed by atoms with van der Waals surface area (Å²) < 4.78 is 29.6. The number of nitrogens with two attached hydrogens (primary N) is 1. The topological polar surface area (TPSA) is 52.3 Å². The Balaban J connectivity index is 0. The molecular formula is C9H18ClF2NO2. The molecule has 0 spiro atoms. The average molecular weight is 246 g/mol. The van der Waals surface area contributed by atoms with Crippen LogP contribution in [-0.4, -0.2) is 24.5 Å². The Morgan fingerprint density at radius 2 is 1.87 bits per heavy atom. The lowest BCUT2D eigenvalue weighted by Crippen LogP contribution is -2.33. The number of carbonyl (C=O) groups is 1. The molecule has 0 aliphatic heterocycles. The lowest BCUT2D eigenvalue weighted by atomic mass is 10.1. The van der Waals surface area contributed by atoms with Gasteiger partial charge in [0.25, 0.3) is 6.43 Å². The van der Waals surface area contributed by atoms with Gasteiger partial charge in [0.15, 0.2) is 0 Å². The van der Waals surface area contributed by atoms with Crippen LogP contribution in [0.1, 0.15) is 27.2 Å². The predicted molar refractivity (Wildman–Crippen MR) is 56.3 cm³/mol. The lowest BCUT2D eigenvalue weighted by molar-refractivity contribution is -0.165. The molecule has 0 aliphatic rings. The van der Waals surface area contributed by atoms with Crippen LogP contribution in [-0.2, 0) is 9.53 Å². The normalized spacial score (nSPS) is 13.3. The van der Waals surface area contributed by atoms with Gasteiger partial charge in [-0.25, -0.2) is 8.78 Å². The minimum Gasteiger partial charge on any atom is -0.460 e. The highest BCUT2D eigenvalue weighted by Crippen LogP contribution is 2.19. The molecule has 15 heavy (non-hydrogen) atoms. The summed E-state index contributed by atoms with van der Waals surface area (Å²) in [5.41, 5.74) is 4.39. The van der Waals surface area contributed by atoms with Crippen molar-refractivity contribution in [3.8, 4) is 0 Å². The second kappa shape index (κ2) is 6.95. The van der Waals surface area contributed by atoms with Crippen LogP contribution in [0, 0.1) is 5.92 Å². The summed E-state index contributed by atoms with van der Waals surface area (Å²) in [6.07, 6.45) is -2.76. The maximum atomic E-state index is 12.4. The Labute approximate surface area is 94.8 Å². The molecule has 0 rings (SSSR count). The summed E-state index contributed by atoms with van der Waals surface area (Å²) in [4.78, 5) is 11.2. The minimum atomic E-state index is -2.71. The number of alkyl halides is 2. The molecule has 0 amide bonds. The van der Waals surface area contributed by atoms with Crippen molar-refractivity contribution in [2.75, 3.05) is 6.54 Å². The van der Waals surface area contributed by atoms with Crippen molar-refractivity contribution in [2.24, 2.45) is 11.7 Å². The smallest absolute Gasteiger partial charge is 0.315 e. The van der Waals surface area contributed by atoms with Gasteiger partial charge in [0.05, 0.1) is 0 Å². The molecular weight excluding hydrogens is 228 g/mol. The number of hydrogen-bond acceptors (Lipinski definition) is 3. The first-order valence-corrected chi connectivity index (χ1v) is 4.49. The number of halogens is 3. The highest BCUT2D eigenvalue weighted by molar-refractivity contribution is 5.85. The number of ether oxygens (including phenoxy) is 1. The zero-order valence-corrected chi connectivity index (χ0v) is 9.94. The fourth-order valence-corrected chi connectivity index (χ4v) is 0.904. The zero-order chi connectivity index (χ0) is 11.4. The highest BCUT2D eigenvalue weighted by Gasteiger charge is 2.31. The summed E-state index contributed by atoms with van der Waals surface area (Å²) in [5.74, 6) is -2.28. The molecule has 1 atom stereocenters. The van der Waals surface area contributed by atoms with E-state index >= 15 is 0 Å². The molecule has 0 aromatic rings. The van der Waals surface area contributed by atoms with E-state index in [-0.39, 0.29) is 25.4 Å². The first kappa shape index (κ1) is 17.0. The standard InChI is InChI=1S/C9H17F2NO2.ClH/c1-9(2,3)14-8(13)6(4-5-12)7(10)11;/h6-7H,4-5,12H2,1-3H3;1H. The van der Waals surface area contributed by atoms with E-state index in [1.807, 2.05) is 0 Å². The van der Waals surface area contributed by atoms with E-state index in [0.717, 1.165) is 0 Å². The van der Waals surface area contributed by atoms with E-state index in [0.29, 0.717) is 0 Å². The minimum absolute atomic E-state index is 0. The van der Waals surface area contributed by atoms with Crippen LogP contribution in [0.4, 0.5) is 8.78 Å². The molecule has 0 aromatic carbocycles. The third-order valence-corrected chi connectivity index (χ3v) is 1.49. The van der Waals surface area contributed by atoms with Gasteiger partial charge in [-0.1, -0.05) is 0 Å². The van der Waals surface area contributed by atoms with Crippen molar-refractivity contribution in [3.63, 3.8) is 0 Å². The van der Waals surface area contributed by atoms with Crippen molar-refractivity contribution in [1.29, 1.82) is 0 Å². The van der Waals surface area contributed by atoms with Gasteiger partial charge < -0.3 is 10.5 Å². The van der Waals surface area contributed by atoms with Crippen LogP contribution in [0.2, 0.25) is 0 Å². The van der Waals surface area contributed by atoms with Crippen LogP contribution in [0.3, 0.4) is 0 Å². The largest absolute Gasteiger partial charge is 0.460 e. The molecule has 92 valence electrons. The van der Waals surface area contributed by atoms with Crippen molar-refractivity contribution < 1.29 is 18.3 Å². The van der Waals surface area contributed by atoms with E-state index in [2.05, 4.69) is 0 Å². The number of rotatable bonds is 4. The van der Waals surface area contributed by atoms with Gasteiger partial charge in [-0.15, -0.1) is 12.4 Å². The van der Waals surface area contributed by atoms with E-state index in [9.17, 15) is 13.6 Å². The van der Waals surface area contributed by atoms with Crippen LogP contribution in [0.25, 0.3) is 0 Å². The number of carbonyl (C=O) groups excluding carboxylic acids is 1. The molecule has 3 nitrogen and oxygen atoms in total. The molecule has 0 saturated carbocycles. The monoisotopic (exact) mass is 245 g/mol. The van der Waals surface area contributed by atoms with Crippen molar-refractivity contribution >= 4 is 18.4 Å². The summed E-state index contributed by atoms with van der Waals surface area (Å²) in [6, 6.07) is 0. The van der Waals surface area contributed by atoms with Crippen molar-refractivity contribution in [3.05, 3.63) is 0 Å². The number of hydrogen-bond donors (Lipinski definition) is 1. The summed E-state index contributed by atoms with van der Waals surface area (Å²) >= 11 is 0. The summed E-state index contributed by atoms with van der Waals surface area (Å²) in [7, 11) is 0. The lowest BCUT2D eigenvalue weighted by Gasteiger charge is -2.23. The van der Waals surface area contributed by atoms with Gasteiger partial charge in [0.1, 0.15) is 11.5 Å². The Hall–Kier alpha value is -0.420. The fraction of sp³-hybridized carbons (Fsp3) is 0.889. The Morgan fingerprint density at radius 1 is 1.40 bits per heavy atom. The molecule has 0 saturated heterocycles. The Morgan fingerprint density at radius 3 is 2.13 bits per heavy atom. The first-order valence-electron chi connectivity index (χ1n) is 4.49. The van der Waals surface area contributed by atoms with Gasteiger partial charge in [0.2, 0.25) is 0 Å². The third kappa shape index (κ3) is 7.50. The second-order valence-electron chi connectivity index (χ2n) is 4.05. The van der Waals surface area contributed by atoms with Gasteiger partial charge >= 0.3 is 5.97 Å². The summed E-state index contributed by atoms with van der Waals surface area (Å²) in [6.45, 7) is 4.95. The van der Waals surface area contributed by atoms with Crippen molar-refractivity contribution in [2.45, 2.75) is 39.2 Å². The van der Waals surface area contributed by atoms with E-state index in [1.165, 1.54) is 0 Å². The van der Waals surface area contributed by atoms with Gasteiger partial charge in [-0.2, -0.15) is 0 Å². The maximum Gasteiger partial charge on any atom is 0.315 e. The second-order valence-corrected chi connectivity index (χ2v) is 4.05. The van der Waals surface area contributed by atoms with Gasteiger partial charge in [-0.05, 0) is 33.7 Å². The fourth-order valence-electron chi connectivity index (χ4n) is 0.904. The Kier molecular flexibility index (Phi) is 7.88. The summed E-state index contributed by atoms with van der Waals surface area (Å²) in [5, 5.41) is 0. The van der Waals surface area contributed by atoms with Gasteiger partial charge in [-0.3, -0.25) is 4.79 Å². The molecule has 0 aliphatic carbocycles. The number of esters is 1. The van der Waals surface area contributed by atoms with Crippen LogP contribution >= 0.6 is 12.4 Å². The van der Waals surface area contributed by atoms with Crippen LogP contribution in [0.15, 0.2) is 0 Å². The van der Waals surface area contributed by atoms with E-state index in [4.69, 9.17) is 10.5 Å². The molecule has 0 heterocycles. The average Bonchev–Trinajstić information content (AvgIpc) is 1.95. The molecule has 0 radical (unpaired) electrons. The Bertz CT molecular complexity index is 195. The SMILES string of the molecule is CC(C)(C)OC(=O)C(CCN)C(F)F.Cl. The van der Waals surface area contributed by atoms with Crippen LogP contribution < -0.4 is 5.73 Å². The van der Waals surface area contributed by atoms with E-state index < -0.39 is 23.9 Å².